The molecule has 7 heteroatoms. The third-order valence-corrected chi connectivity index (χ3v) is 5.56. The largest absolute Gasteiger partial charge is 0.449 e. The van der Waals surface area contributed by atoms with Gasteiger partial charge in [-0.2, -0.15) is 13.2 Å². The van der Waals surface area contributed by atoms with Gasteiger partial charge in [0, 0.05) is 17.5 Å². The number of amides is 1. The van der Waals surface area contributed by atoms with Crippen LogP contribution in [0.4, 0.5) is 18.0 Å². The van der Waals surface area contributed by atoms with Crippen molar-refractivity contribution in [1.82, 2.24) is 5.32 Å². The number of hydrogen-bond acceptors (Lipinski definition) is 2. The van der Waals surface area contributed by atoms with Gasteiger partial charge in [0.1, 0.15) is 6.61 Å². The maximum Gasteiger partial charge on any atom is 0.417 e. The first-order chi connectivity index (χ1) is 15.3. The molecule has 0 saturated carbocycles. The van der Waals surface area contributed by atoms with E-state index in [2.05, 4.69) is 5.32 Å². The highest BCUT2D eigenvalue weighted by Crippen LogP contribution is 2.44. The lowest BCUT2D eigenvalue weighted by Crippen LogP contribution is -2.26. The molecule has 32 heavy (non-hydrogen) atoms. The fraction of sp³-hybridized carbons (Fsp3) is 0.160. The molecule has 0 spiro atoms. The maximum atomic E-state index is 13.1. The smallest absolute Gasteiger partial charge is 0.417 e. The van der Waals surface area contributed by atoms with Gasteiger partial charge >= 0.3 is 12.3 Å². The molecular weight excluding hydrogens is 439 g/mol. The van der Waals surface area contributed by atoms with Crippen LogP contribution in [0.1, 0.15) is 28.2 Å². The molecule has 0 radical (unpaired) electrons. The predicted molar refractivity (Wildman–Crippen MR) is 119 cm³/mol. The number of halogens is 4. The van der Waals surface area contributed by atoms with Crippen LogP contribution in [-0.4, -0.2) is 19.2 Å². The summed E-state index contributed by atoms with van der Waals surface area (Å²) in [5.74, 6) is -0.0629. The van der Waals surface area contributed by atoms with E-state index < -0.39 is 17.8 Å². The molecular formula is C25H19ClF3NO2. The van der Waals surface area contributed by atoms with E-state index in [1.54, 1.807) is 0 Å². The van der Waals surface area contributed by atoms with Crippen LogP contribution in [0.3, 0.4) is 0 Å². The van der Waals surface area contributed by atoms with E-state index in [1.165, 1.54) is 24.3 Å². The molecule has 0 saturated heterocycles. The van der Waals surface area contributed by atoms with Crippen LogP contribution in [0.25, 0.3) is 17.2 Å². The standard InChI is InChI=1S/C25H19ClF3NO2/c26-17-12-11-16(23(14-17)25(27,28)29)6-5-13-30-24(31)32-15-22-20-9-3-1-7-18(20)19-8-2-4-10-21(19)22/h1-12,14,22H,13,15H2,(H,30,31). The van der Waals surface area contributed by atoms with Crippen molar-refractivity contribution in [3.63, 3.8) is 0 Å². The van der Waals surface area contributed by atoms with Crippen molar-refractivity contribution in [3.8, 4) is 11.1 Å². The minimum absolute atomic E-state index is 0.00578. The Morgan fingerprint density at radius 2 is 1.62 bits per heavy atom. The lowest BCUT2D eigenvalue weighted by molar-refractivity contribution is -0.137. The van der Waals surface area contributed by atoms with E-state index >= 15 is 0 Å². The van der Waals surface area contributed by atoms with E-state index in [9.17, 15) is 18.0 Å². The Kier molecular flexibility index (Phi) is 6.24. The van der Waals surface area contributed by atoms with Crippen molar-refractivity contribution in [2.24, 2.45) is 0 Å². The Bertz CT molecular complexity index is 1130. The molecule has 1 amide bonds. The van der Waals surface area contributed by atoms with Crippen molar-refractivity contribution in [2.45, 2.75) is 12.1 Å². The van der Waals surface area contributed by atoms with E-state index in [0.29, 0.717) is 0 Å². The molecule has 3 aromatic rings. The van der Waals surface area contributed by atoms with E-state index in [-0.39, 0.29) is 29.7 Å². The van der Waals surface area contributed by atoms with Gasteiger partial charge in [-0.05, 0) is 39.9 Å². The summed E-state index contributed by atoms with van der Waals surface area (Å²) in [6.07, 6.45) is -2.43. The van der Waals surface area contributed by atoms with Gasteiger partial charge in [0.25, 0.3) is 0 Å². The number of fused-ring (bicyclic) bond motifs is 3. The summed E-state index contributed by atoms with van der Waals surface area (Å²) in [5.41, 5.74) is 3.60. The van der Waals surface area contributed by atoms with Crippen molar-refractivity contribution in [3.05, 3.63) is 100 Å². The van der Waals surface area contributed by atoms with Crippen LogP contribution in [-0.2, 0) is 10.9 Å². The number of ether oxygens (including phenoxy) is 1. The second-order valence-electron chi connectivity index (χ2n) is 7.34. The molecule has 0 aliphatic heterocycles. The second-order valence-corrected chi connectivity index (χ2v) is 7.77. The van der Waals surface area contributed by atoms with Gasteiger partial charge in [0.05, 0.1) is 5.56 Å². The van der Waals surface area contributed by atoms with E-state index in [1.807, 2.05) is 48.5 Å². The van der Waals surface area contributed by atoms with Crippen molar-refractivity contribution >= 4 is 23.8 Å². The molecule has 0 atom stereocenters. The molecule has 0 aromatic heterocycles. The van der Waals surface area contributed by atoms with Crippen molar-refractivity contribution in [2.75, 3.05) is 13.2 Å². The van der Waals surface area contributed by atoms with E-state index in [0.717, 1.165) is 28.3 Å². The zero-order valence-electron chi connectivity index (χ0n) is 16.8. The normalized spacial score (nSPS) is 13.1. The number of hydrogen-bond donors (Lipinski definition) is 1. The lowest BCUT2D eigenvalue weighted by Gasteiger charge is -2.14. The molecule has 1 N–H and O–H groups in total. The number of carbonyl (C=O) groups is 1. The van der Waals surface area contributed by atoms with Crippen LogP contribution < -0.4 is 5.32 Å². The topological polar surface area (TPSA) is 38.3 Å². The summed E-state index contributed by atoms with van der Waals surface area (Å²) in [5, 5.41) is 2.54. The average molecular weight is 458 g/mol. The molecule has 0 fully saturated rings. The Hall–Kier alpha value is -3.25. The maximum absolute atomic E-state index is 13.1. The molecule has 4 rings (SSSR count). The number of nitrogens with one attached hydrogen (secondary N) is 1. The number of carbonyl (C=O) groups excluding carboxylic acids is 1. The molecule has 1 aliphatic carbocycles. The first-order valence-corrected chi connectivity index (χ1v) is 10.3. The average Bonchev–Trinajstić information content (AvgIpc) is 3.09. The molecule has 0 heterocycles. The fourth-order valence-electron chi connectivity index (χ4n) is 3.90. The second kappa shape index (κ2) is 9.09. The highest BCUT2D eigenvalue weighted by Gasteiger charge is 2.33. The summed E-state index contributed by atoms with van der Waals surface area (Å²) in [4.78, 5) is 12.1. The highest BCUT2D eigenvalue weighted by molar-refractivity contribution is 6.30. The summed E-state index contributed by atoms with van der Waals surface area (Å²) in [7, 11) is 0. The van der Waals surface area contributed by atoms with Gasteiger partial charge in [-0.3, -0.25) is 0 Å². The first-order valence-electron chi connectivity index (χ1n) is 9.96. The molecule has 3 aromatic carbocycles. The number of benzene rings is 3. The summed E-state index contributed by atoms with van der Waals surface area (Å²) in [6, 6.07) is 19.5. The fourth-order valence-corrected chi connectivity index (χ4v) is 4.07. The third kappa shape index (κ3) is 4.65. The number of alkyl halides is 3. The zero-order valence-corrected chi connectivity index (χ0v) is 17.6. The molecule has 3 nitrogen and oxygen atoms in total. The Morgan fingerprint density at radius 1 is 1.00 bits per heavy atom. The summed E-state index contributed by atoms with van der Waals surface area (Å²) < 4.78 is 44.8. The Morgan fingerprint density at radius 3 is 2.25 bits per heavy atom. The van der Waals surface area contributed by atoms with Gasteiger partial charge < -0.3 is 10.1 Å². The van der Waals surface area contributed by atoms with Crippen molar-refractivity contribution in [1.29, 1.82) is 0 Å². The van der Waals surface area contributed by atoms with E-state index in [4.69, 9.17) is 16.3 Å². The zero-order chi connectivity index (χ0) is 22.7. The highest BCUT2D eigenvalue weighted by atomic mass is 35.5. The van der Waals surface area contributed by atoms with Gasteiger partial charge in [-0.15, -0.1) is 0 Å². The Labute approximate surface area is 188 Å². The van der Waals surface area contributed by atoms with Gasteiger partial charge in [0.2, 0.25) is 0 Å². The SMILES string of the molecule is O=C(NCC=Cc1ccc(Cl)cc1C(F)(F)F)OCC1c2ccccc2-c2ccccc21. The monoisotopic (exact) mass is 457 g/mol. The predicted octanol–water partition coefficient (Wildman–Crippen LogP) is 6.91. The quantitative estimate of drug-likeness (QED) is 0.452. The van der Waals surface area contributed by atoms with Gasteiger partial charge in [0.15, 0.2) is 0 Å². The minimum Gasteiger partial charge on any atom is -0.449 e. The van der Waals surface area contributed by atoms with Crippen molar-refractivity contribution < 1.29 is 22.7 Å². The molecule has 0 unspecified atom stereocenters. The van der Waals surface area contributed by atoms with Gasteiger partial charge in [-0.25, -0.2) is 4.79 Å². The summed E-state index contributed by atoms with van der Waals surface area (Å²) in [6.45, 7) is 0.190. The third-order valence-electron chi connectivity index (χ3n) is 5.33. The molecule has 164 valence electrons. The lowest BCUT2D eigenvalue weighted by atomic mass is 9.98. The van der Waals surface area contributed by atoms with Crippen LogP contribution in [0.2, 0.25) is 5.02 Å². The van der Waals surface area contributed by atoms with Crippen LogP contribution >= 0.6 is 11.6 Å². The minimum atomic E-state index is -4.52. The molecule has 0 bridgehead atoms. The van der Waals surface area contributed by atoms with Gasteiger partial charge in [-0.1, -0.05) is 78.4 Å². The summed E-state index contributed by atoms with van der Waals surface area (Å²) >= 11 is 5.68. The number of rotatable bonds is 5. The number of alkyl carbamates (subject to hydrolysis) is 1. The van der Waals surface area contributed by atoms with Crippen LogP contribution in [0, 0.1) is 0 Å². The van der Waals surface area contributed by atoms with Crippen LogP contribution in [0.15, 0.2) is 72.8 Å². The first kappa shape index (κ1) is 22.0. The van der Waals surface area contributed by atoms with Crippen LogP contribution in [0.5, 0.6) is 0 Å². The molecule has 1 aliphatic rings. The Balaban J connectivity index is 1.35.